The normalized spacial score (nSPS) is 16.6. The number of hydrogen-bond donors (Lipinski definition) is 1. The van der Waals surface area contributed by atoms with Gasteiger partial charge in [0, 0.05) is 24.3 Å². The lowest BCUT2D eigenvalue weighted by molar-refractivity contribution is 0.184. The maximum absolute atomic E-state index is 13.1. The number of hydrogen-bond acceptors (Lipinski definition) is 4. The van der Waals surface area contributed by atoms with Gasteiger partial charge in [-0.1, -0.05) is 24.2 Å². The quantitative estimate of drug-likeness (QED) is 0.687. The highest BCUT2D eigenvalue weighted by Crippen LogP contribution is 2.28. The summed E-state index contributed by atoms with van der Waals surface area (Å²) in [7, 11) is 0. The number of anilines is 1. The molecule has 1 atom stereocenters. The van der Waals surface area contributed by atoms with Crippen molar-refractivity contribution in [3.05, 3.63) is 65.8 Å². The van der Waals surface area contributed by atoms with E-state index in [1.807, 2.05) is 24.3 Å². The highest BCUT2D eigenvalue weighted by Gasteiger charge is 2.28. The fourth-order valence-electron chi connectivity index (χ4n) is 3.55. The number of carbonyl (C=O) groups excluding carboxylic acids is 1. The number of rotatable bonds is 4. The van der Waals surface area contributed by atoms with Crippen LogP contribution in [-0.2, 0) is 6.42 Å². The molecule has 29 heavy (non-hydrogen) atoms. The molecule has 0 radical (unpaired) electrons. The van der Waals surface area contributed by atoms with Gasteiger partial charge in [0.2, 0.25) is 11.7 Å². The summed E-state index contributed by atoms with van der Waals surface area (Å²) in [6.45, 7) is 3.29. The average molecular weight is 394 g/mol. The van der Waals surface area contributed by atoms with Crippen LogP contribution in [0.4, 0.5) is 14.9 Å². The maximum Gasteiger partial charge on any atom is 0.321 e. The monoisotopic (exact) mass is 394 g/mol. The van der Waals surface area contributed by atoms with Crippen molar-refractivity contribution in [2.75, 3.05) is 18.4 Å². The molecule has 1 fully saturated rings. The van der Waals surface area contributed by atoms with Gasteiger partial charge in [-0.25, -0.2) is 9.18 Å². The lowest BCUT2D eigenvalue weighted by Gasteiger charge is -2.31. The van der Waals surface area contributed by atoms with E-state index in [0.29, 0.717) is 30.4 Å². The zero-order valence-corrected chi connectivity index (χ0v) is 16.3. The van der Waals surface area contributed by atoms with Gasteiger partial charge in [0.15, 0.2) is 0 Å². The molecule has 0 bridgehead atoms. The first-order valence-electron chi connectivity index (χ1n) is 9.87. The zero-order chi connectivity index (χ0) is 20.2. The number of urea groups is 1. The molecule has 3 aromatic rings. The largest absolute Gasteiger partial charge is 0.339 e. The molecule has 150 valence electrons. The van der Waals surface area contributed by atoms with Gasteiger partial charge in [-0.3, -0.25) is 0 Å². The molecule has 2 amide bonds. The summed E-state index contributed by atoms with van der Waals surface area (Å²) in [4.78, 5) is 19.0. The topological polar surface area (TPSA) is 71.3 Å². The first kappa shape index (κ1) is 19.1. The van der Waals surface area contributed by atoms with Gasteiger partial charge in [0.1, 0.15) is 5.82 Å². The van der Waals surface area contributed by atoms with Gasteiger partial charge in [-0.15, -0.1) is 0 Å². The van der Waals surface area contributed by atoms with E-state index >= 15 is 0 Å². The molecule has 0 saturated carbocycles. The maximum atomic E-state index is 13.1. The lowest BCUT2D eigenvalue weighted by atomic mass is 9.98. The Morgan fingerprint density at radius 3 is 2.90 bits per heavy atom. The summed E-state index contributed by atoms with van der Waals surface area (Å²) in [5.41, 5.74) is 2.67. The van der Waals surface area contributed by atoms with Gasteiger partial charge in [-0.2, -0.15) is 4.98 Å². The molecule has 1 saturated heterocycles. The standard InChI is InChI=1S/C22H23FN4O2/c1-2-15-5-3-7-19(13-15)24-22(28)27-12-4-6-17(14-27)21-25-20(26-29-21)16-8-10-18(23)11-9-16/h3,5,7-11,13,17H,2,4,6,12,14H2,1H3,(H,24,28)/t17-/m1/s1. The predicted molar refractivity (Wildman–Crippen MR) is 108 cm³/mol. The fraction of sp³-hybridized carbons (Fsp3) is 0.318. The molecule has 0 unspecified atom stereocenters. The first-order chi connectivity index (χ1) is 14.1. The van der Waals surface area contributed by atoms with Crippen LogP contribution in [0.15, 0.2) is 53.1 Å². The van der Waals surface area contributed by atoms with Crippen LogP contribution >= 0.6 is 0 Å². The predicted octanol–water partition coefficient (Wildman–Crippen LogP) is 4.85. The molecule has 1 aliphatic heterocycles. The van der Waals surface area contributed by atoms with Crippen LogP contribution in [0.2, 0.25) is 0 Å². The summed E-state index contributed by atoms with van der Waals surface area (Å²) in [6, 6.07) is 13.7. The van der Waals surface area contributed by atoms with Gasteiger partial charge in [0.05, 0.1) is 5.92 Å². The third-order valence-electron chi connectivity index (χ3n) is 5.19. The highest BCUT2D eigenvalue weighted by atomic mass is 19.1. The Bertz CT molecular complexity index is 986. The second-order valence-corrected chi connectivity index (χ2v) is 7.23. The van der Waals surface area contributed by atoms with E-state index in [1.165, 1.54) is 17.7 Å². The number of nitrogens with zero attached hydrogens (tertiary/aromatic N) is 3. The Morgan fingerprint density at radius 2 is 2.10 bits per heavy atom. The van der Waals surface area contributed by atoms with Crippen molar-refractivity contribution in [2.24, 2.45) is 0 Å². The summed E-state index contributed by atoms with van der Waals surface area (Å²) in [5, 5.41) is 7.00. The molecule has 6 nitrogen and oxygen atoms in total. The third-order valence-corrected chi connectivity index (χ3v) is 5.19. The number of nitrogens with one attached hydrogen (secondary N) is 1. The number of aromatic nitrogens is 2. The number of aryl methyl sites for hydroxylation is 1. The lowest BCUT2D eigenvalue weighted by Crippen LogP contribution is -2.41. The number of amides is 2. The minimum Gasteiger partial charge on any atom is -0.339 e. The Hall–Kier alpha value is -3.22. The summed E-state index contributed by atoms with van der Waals surface area (Å²) in [5.74, 6) is 0.613. The number of piperidine rings is 1. The van der Waals surface area contributed by atoms with E-state index in [2.05, 4.69) is 22.4 Å². The molecule has 2 aromatic carbocycles. The van der Waals surface area contributed by atoms with Crippen molar-refractivity contribution in [1.29, 1.82) is 0 Å². The minimum atomic E-state index is -0.309. The fourth-order valence-corrected chi connectivity index (χ4v) is 3.55. The van der Waals surface area contributed by atoms with Gasteiger partial charge < -0.3 is 14.7 Å². The SMILES string of the molecule is CCc1cccc(NC(=O)N2CCC[C@@H](c3nc(-c4ccc(F)cc4)no3)C2)c1. The summed E-state index contributed by atoms with van der Waals surface area (Å²) in [6.07, 6.45) is 2.66. The van der Waals surface area contributed by atoms with Gasteiger partial charge >= 0.3 is 6.03 Å². The molecule has 4 rings (SSSR count). The molecule has 0 spiro atoms. The van der Waals surface area contributed by atoms with E-state index in [1.54, 1.807) is 17.0 Å². The van der Waals surface area contributed by atoms with E-state index in [0.717, 1.165) is 24.9 Å². The van der Waals surface area contributed by atoms with Crippen LogP contribution in [0.5, 0.6) is 0 Å². The molecule has 2 heterocycles. The van der Waals surface area contributed by atoms with E-state index in [4.69, 9.17) is 4.52 Å². The van der Waals surface area contributed by atoms with Crippen LogP contribution < -0.4 is 5.32 Å². The number of carbonyl (C=O) groups is 1. The van der Waals surface area contributed by atoms with E-state index < -0.39 is 0 Å². The molecule has 1 N–H and O–H groups in total. The van der Waals surface area contributed by atoms with E-state index in [-0.39, 0.29) is 17.8 Å². The number of likely N-dealkylation sites (tertiary alicyclic amines) is 1. The Balaban J connectivity index is 1.43. The number of halogens is 1. The Kier molecular flexibility index (Phi) is 5.55. The summed E-state index contributed by atoms with van der Waals surface area (Å²) < 4.78 is 18.6. The Labute approximate surface area is 168 Å². The molecule has 1 aliphatic rings. The van der Waals surface area contributed by atoms with Crippen molar-refractivity contribution in [3.63, 3.8) is 0 Å². The van der Waals surface area contributed by atoms with Crippen LogP contribution in [0.3, 0.4) is 0 Å². The van der Waals surface area contributed by atoms with Crippen LogP contribution in [0.25, 0.3) is 11.4 Å². The van der Waals surface area contributed by atoms with Gasteiger partial charge in [0.25, 0.3) is 0 Å². The second kappa shape index (κ2) is 8.43. The van der Waals surface area contributed by atoms with Crippen molar-refractivity contribution in [3.8, 4) is 11.4 Å². The molecule has 7 heteroatoms. The van der Waals surface area contributed by atoms with Crippen LogP contribution in [0, 0.1) is 5.82 Å². The minimum absolute atomic E-state index is 0.0156. The molecule has 0 aliphatic carbocycles. The summed E-state index contributed by atoms with van der Waals surface area (Å²) >= 11 is 0. The van der Waals surface area contributed by atoms with E-state index in [9.17, 15) is 9.18 Å². The Morgan fingerprint density at radius 1 is 1.28 bits per heavy atom. The third kappa shape index (κ3) is 4.45. The molecule has 1 aromatic heterocycles. The van der Waals surface area contributed by atoms with Crippen molar-refractivity contribution in [1.82, 2.24) is 15.0 Å². The van der Waals surface area contributed by atoms with Crippen molar-refractivity contribution in [2.45, 2.75) is 32.1 Å². The molecular formula is C22H23FN4O2. The van der Waals surface area contributed by atoms with Gasteiger partial charge in [-0.05, 0) is 61.2 Å². The van der Waals surface area contributed by atoms with Crippen LogP contribution in [-0.4, -0.2) is 34.2 Å². The second-order valence-electron chi connectivity index (χ2n) is 7.23. The first-order valence-corrected chi connectivity index (χ1v) is 9.87. The zero-order valence-electron chi connectivity index (χ0n) is 16.3. The number of benzene rings is 2. The average Bonchev–Trinajstić information content (AvgIpc) is 3.25. The highest BCUT2D eigenvalue weighted by molar-refractivity contribution is 5.89. The van der Waals surface area contributed by atoms with Crippen LogP contribution in [0.1, 0.15) is 37.1 Å². The molecular weight excluding hydrogens is 371 g/mol. The van der Waals surface area contributed by atoms with Crippen molar-refractivity contribution < 1.29 is 13.7 Å². The smallest absolute Gasteiger partial charge is 0.321 e. The van der Waals surface area contributed by atoms with Crippen molar-refractivity contribution >= 4 is 11.7 Å².